The molecule has 0 saturated heterocycles. The van der Waals surface area contributed by atoms with Gasteiger partial charge in [-0.05, 0) is 60.6 Å². The van der Waals surface area contributed by atoms with Crippen LogP contribution < -0.4 is 5.73 Å². The molecule has 0 aliphatic heterocycles. The van der Waals surface area contributed by atoms with Crippen LogP contribution in [0.1, 0.15) is 57.7 Å². The number of rotatable bonds is 3. The lowest BCUT2D eigenvalue weighted by atomic mass is 9.71. The molecule has 0 unspecified atom stereocenters. The van der Waals surface area contributed by atoms with Crippen molar-refractivity contribution in [2.75, 3.05) is 0 Å². The number of carbonyl (C=O) groups excluding carboxylic acids is 1. The van der Waals surface area contributed by atoms with Gasteiger partial charge in [-0.15, -0.1) is 0 Å². The normalized spacial score (nSPS) is 19.4. The Kier molecular flexibility index (Phi) is 3.85. The third-order valence-corrected chi connectivity index (χ3v) is 6.43. The first-order chi connectivity index (χ1) is 13.4. The van der Waals surface area contributed by atoms with Crippen LogP contribution in [0.5, 0.6) is 0 Å². The van der Waals surface area contributed by atoms with Crippen LogP contribution in [-0.4, -0.2) is 15.5 Å². The van der Waals surface area contributed by atoms with E-state index >= 15 is 0 Å². The monoisotopic (exact) mass is 395 g/mol. The van der Waals surface area contributed by atoms with Crippen molar-refractivity contribution in [3.63, 3.8) is 0 Å². The average molecular weight is 396 g/mol. The second-order valence-electron chi connectivity index (χ2n) is 7.76. The average Bonchev–Trinajstić information content (AvgIpc) is 2.86. The Balaban J connectivity index is 1.75. The molecule has 142 valence electrons. The highest BCUT2D eigenvalue weighted by atomic mass is 35.5. The Bertz CT molecular complexity index is 1130. The summed E-state index contributed by atoms with van der Waals surface area (Å²) < 4.78 is 16.1. The summed E-state index contributed by atoms with van der Waals surface area (Å²) in [5.74, 6) is 0.0600. The minimum atomic E-state index is -0.573. The van der Waals surface area contributed by atoms with E-state index in [9.17, 15) is 9.18 Å². The number of primary amides is 1. The van der Waals surface area contributed by atoms with E-state index in [0.717, 1.165) is 40.9 Å². The molecule has 2 aromatic carbocycles. The minimum absolute atomic E-state index is 0.198. The van der Waals surface area contributed by atoms with Crippen molar-refractivity contribution in [1.29, 1.82) is 0 Å². The number of imidazole rings is 1. The number of aromatic nitrogens is 2. The van der Waals surface area contributed by atoms with Gasteiger partial charge in [0, 0.05) is 22.2 Å². The summed E-state index contributed by atoms with van der Waals surface area (Å²) in [6, 6.07) is 11.0. The Morgan fingerprint density at radius 2 is 2.04 bits per heavy atom. The SMILES string of the molecule is Cc1cc2c(cc1F)C1CC(C1)c1c-2nc(C(N)=O)n1Cc1ccccc1Cl. The number of benzene rings is 2. The zero-order chi connectivity index (χ0) is 19.6. The summed E-state index contributed by atoms with van der Waals surface area (Å²) in [6.45, 7) is 2.18. The van der Waals surface area contributed by atoms with Crippen molar-refractivity contribution in [3.05, 3.63) is 75.4 Å². The van der Waals surface area contributed by atoms with E-state index in [4.69, 9.17) is 17.3 Å². The van der Waals surface area contributed by atoms with Crippen LogP contribution in [0.2, 0.25) is 5.02 Å². The minimum Gasteiger partial charge on any atom is -0.363 e. The van der Waals surface area contributed by atoms with Gasteiger partial charge in [-0.3, -0.25) is 4.79 Å². The van der Waals surface area contributed by atoms with E-state index in [2.05, 4.69) is 4.98 Å². The molecule has 6 rings (SSSR count). The highest BCUT2D eigenvalue weighted by Crippen LogP contribution is 2.55. The zero-order valence-corrected chi connectivity index (χ0v) is 16.1. The number of amides is 1. The van der Waals surface area contributed by atoms with Gasteiger partial charge in [0.05, 0.1) is 12.2 Å². The van der Waals surface area contributed by atoms with E-state index in [-0.39, 0.29) is 17.6 Å². The van der Waals surface area contributed by atoms with Gasteiger partial charge in [0.15, 0.2) is 5.82 Å². The van der Waals surface area contributed by atoms with Gasteiger partial charge in [-0.25, -0.2) is 9.37 Å². The smallest absolute Gasteiger partial charge is 0.284 e. The van der Waals surface area contributed by atoms with Gasteiger partial charge in [0.25, 0.3) is 5.91 Å². The van der Waals surface area contributed by atoms with Gasteiger partial charge in [0.1, 0.15) is 5.82 Å². The van der Waals surface area contributed by atoms with Crippen LogP contribution in [-0.2, 0) is 6.54 Å². The lowest BCUT2D eigenvalue weighted by Crippen LogP contribution is -2.24. The number of nitrogens with two attached hydrogens (primary N) is 1. The van der Waals surface area contributed by atoms with Gasteiger partial charge < -0.3 is 10.3 Å². The lowest BCUT2D eigenvalue weighted by Gasteiger charge is -2.34. The maximum absolute atomic E-state index is 14.2. The highest BCUT2D eigenvalue weighted by Gasteiger charge is 2.42. The number of hydrogen-bond acceptors (Lipinski definition) is 2. The first-order valence-corrected chi connectivity index (χ1v) is 9.76. The molecule has 0 spiro atoms. The van der Waals surface area contributed by atoms with E-state index in [1.54, 1.807) is 13.0 Å². The lowest BCUT2D eigenvalue weighted by molar-refractivity contribution is 0.0986. The fourth-order valence-corrected chi connectivity index (χ4v) is 4.75. The third kappa shape index (κ3) is 2.49. The van der Waals surface area contributed by atoms with Crippen molar-refractivity contribution < 1.29 is 9.18 Å². The molecule has 3 aliphatic rings. The van der Waals surface area contributed by atoms with Crippen LogP contribution in [0.3, 0.4) is 0 Å². The van der Waals surface area contributed by atoms with Gasteiger partial charge in [-0.2, -0.15) is 0 Å². The molecule has 0 atom stereocenters. The summed E-state index contributed by atoms with van der Waals surface area (Å²) in [6.07, 6.45) is 1.85. The Morgan fingerprint density at radius 1 is 1.29 bits per heavy atom. The molecule has 1 amide bonds. The summed E-state index contributed by atoms with van der Waals surface area (Å²) in [5.41, 5.74) is 10.8. The summed E-state index contributed by atoms with van der Waals surface area (Å²) in [7, 11) is 0. The molecule has 4 nitrogen and oxygen atoms in total. The third-order valence-electron chi connectivity index (χ3n) is 6.06. The van der Waals surface area contributed by atoms with Crippen molar-refractivity contribution in [1.82, 2.24) is 9.55 Å². The van der Waals surface area contributed by atoms with Gasteiger partial charge in [-0.1, -0.05) is 29.8 Å². The van der Waals surface area contributed by atoms with Gasteiger partial charge >= 0.3 is 0 Å². The van der Waals surface area contributed by atoms with Crippen LogP contribution in [0.25, 0.3) is 11.3 Å². The summed E-state index contributed by atoms with van der Waals surface area (Å²) in [4.78, 5) is 16.8. The largest absolute Gasteiger partial charge is 0.363 e. The highest BCUT2D eigenvalue weighted by molar-refractivity contribution is 6.31. The van der Waals surface area contributed by atoms with E-state index in [1.165, 1.54) is 0 Å². The maximum Gasteiger partial charge on any atom is 0.284 e. The zero-order valence-electron chi connectivity index (χ0n) is 15.4. The summed E-state index contributed by atoms with van der Waals surface area (Å²) >= 11 is 6.36. The predicted octanol–water partition coefficient (Wildman–Crippen LogP) is 4.77. The fraction of sp³-hybridized carbons (Fsp3) is 0.273. The number of hydrogen-bond donors (Lipinski definition) is 1. The van der Waals surface area contributed by atoms with Crippen LogP contribution in [0.4, 0.5) is 4.39 Å². The molecule has 1 fully saturated rings. The van der Waals surface area contributed by atoms with Crippen LogP contribution in [0.15, 0.2) is 36.4 Å². The second kappa shape index (κ2) is 6.17. The topological polar surface area (TPSA) is 60.9 Å². The number of carbonyl (C=O) groups is 1. The van der Waals surface area contributed by atoms with Crippen molar-refractivity contribution >= 4 is 17.5 Å². The second-order valence-corrected chi connectivity index (χ2v) is 8.17. The molecular weight excluding hydrogens is 377 g/mol. The molecule has 28 heavy (non-hydrogen) atoms. The number of nitrogens with zero attached hydrogens (tertiary/aromatic N) is 2. The standard InChI is InChI=1S/C22H19ClFN3O/c1-11-6-16-15(9-18(11)24)13-7-14(8-13)20-19(16)26-22(21(25)28)27(20)10-12-4-2-3-5-17(12)23/h2-6,9,13-14H,7-8,10H2,1H3,(H2,25,28). The van der Waals surface area contributed by atoms with Crippen LogP contribution >= 0.6 is 11.6 Å². The van der Waals surface area contributed by atoms with E-state index < -0.39 is 5.91 Å². The Hall–Kier alpha value is -2.66. The number of aryl methyl sites for hydroxylation is 1. The molecule has 1 aromatic heterocycles. The Morgan fingerprint density at radius 3 is 2.75 bits per heavy atom. The van der Waals surface area contributed by atoms with Crippen LogP contribution in [0, 0.1) is 12.7 Å². The molecule has 1 heterocycles. The van der Waals surface area contributed by atoms with Crippen molar-refractivity contribution in [2.45, 2.75) is 38.1 Å². The molecule has 1 saturated carbocycles. The molecular formula is C22H19ClFN3O. The first kappa shape index (κ1) is 17.4. The molecule has 6 heteroatoms. The maximum atomic E-state index is 14.2. The van der Waals surface area contributed by atoms with E-state index in [0.29, 0.717) is 23.0 Å². The quantitative estimate of drug-likeness (QED) is 0.694. The molecule has 3 aromatic rings. The fourth-order valence-electron chi connectivity index (χ4n) is 4.56. The molecule has 0 radical (unpaired) electrons. The van der Waals surface area contributed by atoms with Crippen molar-refractivity contribution in [2.24, 2.45) is 5.73 Å². The first-order valence-electron chi connectivity index (χ1n) is 9.38. The molecule has 3 aliphatic carbocycles. The predicted molar refractivity (Wildman–Crippen MR) is 106 cm³/mol. The summed E-state index contributed by atoms with van der Waals surface area (Å²) in [5, 5.41) is 0.638. The van der Waals surface area contributed by atoms with E-state index in [1.807, 2.05) is 34.9 Å². The molecule has 2 N–H and O–H groups in total. The van der Waals surface area contributed by atoms with Gasteiger partial charge in [0.2, 0.25) is 0 Å². The Labute approximate surface area is 167 Å². The molecule has 2 bridgehead atoms. The number of halogens is 2. The van der Waals surface area contributed by atoms with Crippen molar-refractivity contribution in [3.8, 4) is 11.3 Å².